The van der Waals surface area contributed by atoms with Crippen LogP contribution in [0.3, 0.4) is 0 Å². The van der Waals surface area contributed by atoms with Crippen molar-refractivity contribution < 1.29 is 4.39 Å². The van der Waals surface area contributed by atoms with Gasteiger partial charge in [-0.25, -0.2) is 9.37 Å². The minimum atomic E-state index is -0.316. The molecule has 0 radical (unpaired) electrons. The molecule has 0 spiro atoms. The van der Waals surface area contributed by atoms with Gasteiger partial charge in [-0.3, -0.25) is 4.99 Å². The summed E-state index contributed by atoms with van der Waals surface area (Å²) in [6.45, 7) is 0.923. The van der Waals surface area contributed by atoms with Crippen LogP contribution in [0.1, 0.15) is 11.3 Å². The van der Waals surface area contributed by atoms with Gasteiger partial charge in [0.25, 0.3) is 0 Å². The second kappa shape index (κ2) is 8.45. The van der Waals surface area contributed by atoms with Gasteiger partial charge in [-0.05, 0) is 23.8 Å². The van der Waals surface area contributed by atoms with Crippen molar-refractivity contribution in [2.24, 2.45) is 12.0 Å². The molecular formula is C18H19Cl2FN6. The van der Waals surface area contributed by atoms with Gasteiger partial charge in [-0.15, -0.1) is 0 Å². The summed E-state index contributed by atoms with van der Waals surface area (Å²) in [6, 6.07) is 6.87. The number of hydrogen-bond acceptors (Lipinski definition) is 2. The Labute approximate surface area is 166 Å². The van der Waals surface area contributed by atoms with E-state index in [9.17, 15) is 4.39 Å². The Kier molecular flexibility index (Phi) is 6.03. The number of rotatable bonds is 5. The summed E-state index contributed by atoms with van der Waals surface area (Å²) in [5.74, 6) is 0.269. The molecule has 3 rings (SSSR count). The van der Waals surface area contributed by atoms with Crippen LogP contribution < -0.4 is 10.6 Å². The molecule has 0 bridgehead atoms. The number of nitrogens with zero attached hydrogens (tertiary/aromatic N) is 4. The Balaban J connectivity index is 1.59. The number of benzene rings is 1. The van der Waals surface area contributed by atoms with Crippen molar-refractivity contribution in [2.75, 3.05) is 7.05 Å². The van der Waals surface area contributed by atoms with Gasteiger partial charge in [0.15, 0.2) is 5.96 Å². The normalized spacial score (nSPS) is 11.7. The van der Waals surface area contributed by atoms with Crippen LogP contribution in [0.15, 0.2) is 48.0 Å². The second-order valence-corrected chi connectivity index (χ2v) is 6.63. The van der Waals surface area contributed by atoms with Gasteiger partial charge in [0.1, 0.15) is 11.0 Å². The smallest absolute Gasteiger partial charge is 0.191 e. The van der Waals surface area contributed by atoms with Gasteiger partial charge in [-0.2, -0.15) is 0 Å². The minimum Gasteiger partial charge on any atom is -0.352 e. The third-order valence-corrected chi connectivity index (χ3v) is 4.97. The Hall–Kier alpha value is -2.51. The number of halogens is 3. The monoisotopic (exact) mass is 408 g/mol. The molecule has 6 nitrogen and oxygen atoms in total. The van der Waals surface area contributed by atoms with Crippen molar-refractivity contribution in [2.45, 2.75) is 13.1 Å². The van der Waals surface area contributed by atoms with Crippen LogP contribution in [0.5, 0.6) is 0 Å². The molecule has 2 heterocycles. The van der Waals surface area contributed by atoms with Crippen molar-refractivity contribution in [3.05, 3.63) is 70.2 Å². The molecule has 0 atom stereocenters. The molecule has 0 aliphatic carbocycles. The molecule has 0 fully saturated rings. The molecule has 0 saturated heterocycles. The quantitative estimate of drug-likeness (QED) is 0.501. The van der Waals surface area contributed by atoms with E-state index in [1.807, 2.05) is 13.1 Å². The molecule has 0 unspecified atom stereocenters. The van der Waals surface area contributed by atoms with Crippen LogP contribution in [0.25, 0.3) is 5.69 Å². The van der Waals surface area contributed by atoms with E-state index in [4.69, 9.17) is 23.2 Å². The molecule has 142 valence electrons. The zero-order valence-electron chi connectivity index (χ0n) is 14.9. The Morgan fingerprint density at radius 3 is 2.59 bits per heavy atom. The Morgan fingerprint density at radius 2 is 2.00 bits per heavy atom. The second-order valence-electron chi connectivity index (χ2n) is 5.87. The van der Waals surface area contributed by atoms with E-state index in [1.54, 1.807) is 47.0 Å². The van der Waals surface area contributed by atoms with E-state index < -0.39 is 0 Å². The fourth-order valence-electron chi connectivity index (χ4n) is 2.61. The summed E-state index contributed by atoms with van der Waals surface area (Å²) in [4.78, 5) is 8.10. The molecule has 0 saturated carbocycles. The van der Waals surface area contributed by atoms with Crippen molar-refractivity contribution >= 4 is 29.2 Å². The molecule has 3 aromatic rings. The number of aliphatic imine (C=N–C) groups is 1. The van der Waals surface area contributed by atoms with Gasteiger partial charge < -0.3 is 19.8 Å². The summed E-state index contributed by atoms with van der Waals surface area (Å²) >= 11 is 12.1. The first kappa shape index (κ1) is 19.3. The molecular weight excluding hydrogens is 390 g/mol. The lowest BCUT2D eigenvalue weighted by Crippen LogP contribution is -2.36. The molecule has 0 amide bonds. The van der Waals surface area contributed by atoms with Gasteiger partial charge >= 0.3 is 0 Å². The fourth-order valence-corrected chi connectivity index (χ4v) is 3.03. The van der Waals surface area contributed by atoms with Crippen LogP contribution in [-0.2, 0) is 20.1 Å². The average Bonchev–Trinajstić information content (AvgIpc) is 3.27. The maximum absolute atomic E-state index is 14.3. The van der Waals surface area contributed by atoms with Crippen molar-refractivity contribution in [1.29, 1.82) is 0 Å². The summed E-state index contributed by atoms with van der Waals surface area (Å²) in [7, 11) is 3.51. The van der Waals surface area contributed by atoms with Gasteiger partial charge in [0.05, 0.1) is 23.6 Å². The summed E-state index contributed by atoms with van der Waals surface area (Å²) < 4.78 is 17.8. The number of guanidine groups is 1. The lowest BCUT2D eigenvalue weighted by Gasteiger charge is -2.13. The van der Waals surface area contributed by atoms with Crippen molar-refractivity contribution in [3.63, 3.8) is 0 Å². The highest BCUT2D eigenvalue weighted by Crippen LogP contribution is 2.24. The predicted octanol–water partition coefficient (Wildman–Crippen LogP) is 3.52. The predicted molar refractivity (Wildman–Crippen MR) is 106 cm³/mol. The number of hydrogen-bond donors (Lipinski definition) is 2. The highest BCUT2D eigenvalue weighted by molar-refractivity contribution is 6.41. The first-order valence-electron chi connectivity index (χ1n) is 8.20. The standard InChI is InChI=1S/C18H19Cl2FN6/c1-22-18(25-10-13-8-14(19)17(20)26(13)2)24-9-12-3-4-16(15(21)7-12)27-6-5-23-11-27/h3-8,11H,9-10H2,1-2H3,(H2,22,24,25). The van der Waals surface area contributed by atoms with E-state index in [2.05, 4.69) is 20.6 Å². The lowest BCUT2D eigenvalue weighted by atomic mass is 10.2. The zero-order valence-corrected chi connectivity index (χ0v) is 16.4. The summed E-state index contributed by atoms with van der Waals surface area (Å²) in [5.41, 5.74) is 2.17. The third-order valence-electron chi connectivity index (χ3n) is 4.13. The molecule has 0 aliphatic rings. The maximum Gasteiger partial charge on any atom is 0.191 e. The average molecular weight is 409 g/mol. The van der Waals surface area contributed by atoms with Crippen LogP contribution in [0, 0.1) is 5.82 Å². The largest absolute Gasteiger partial charge is 0.352 e. The lowest BCUT2D eigenvalue weighted by molar-refractivity contribution is 0.614. The highest BCUT2D eigenvalue weighted by Gasteiger charge is 2.10. The Bertz CT molecular complexity index is 949. The van der Waals surface area contributed by atoms with Crippen molar-refractivity contribution in [3.8, 4) is 5.69 Å². The van der Waals surface area contributed by atoms with E-state index in [1.165, 1.54) is 6.07 Å². The molecule has 9 heteroatoms. The highest BCUT2D eigenvalue weighted by atomic mass is 35.5. The van der Waals surface area contributed by atoms with Gasteiger partial charge in [-0.1, -0.05) is 29.3 Å². The van der Waals surface area contributed by atoms with E-state index in [-0.39, 0.29) is 5.82 Å². The number of imidazole rings is 1. The minimum absolute atomic E-state index is 0.316. The molecule has 1 aromatic carbocycles. The van der Waals surface area contributed by atoms with Crippen LogP contribution in [-0.4, -0.2) is 27.1 Å². The summed E-state index contributed by atoms with van der Waals surface area (Å²) in [6.07, 6.45) is 4.87. The first-order chi connectivity index (χ1) is 13.0. The fraction of sp³-hybridized carbons (Fsp3) is 0.222. The molecule has 2 N–H and O–H groups in total. The SMILES string of the molecule is CN=C(NCc1ccc(-n2ccnc2)c(F)c1)NCc1cc(Cl)c(Cl)n1C. The van der Waals surface area contributed by atoms with E-state index in [0.717, 1.165) is 11.3 Å². The van der Waals surface area contributed by atoms with E-state index in [0.29, 0.717) is 34.9 Å². The summed E-state index contributed by atoms with van der Waals surface area (Å²) in [5, 5.41) is 7.33. The Morgan fingerprint density at radius 1 is 1.22 bits per heavy atom. The van der Waals surface area contributed by atoms with Crippen molar-refractivity contribution in [1.82, 2.24) is 24.8 Å². The zero-order chi connectivity index (χ0) is 19.4. The van der Waals surface area contributed by atoms with Crippen LogP contribution >= 0.6 is 23.2 Å². The maximum atomic E-state index is 14.3. The topological polar surface area (TPSA) is 59.2 Å². The number of nitrogens with one attached hydrogen (secondary N) is 2. The van der Waals surface area contributed by atoms with E-state index >= 15 is 0 Å². The van der Waals surface area contributed by atoms with Gasteiger partial charge in [0.2, 0.25) is 0 Å². The number of aromatic nitrogens is 3. The van der Waals surface area contributed by atoms with Crippen LogP contribution in [0.4, 0.5) is 4.39 Å². The first-order valence-corrected chi connectivity index (χ1v) is 8.96. The molecule has 2 aromatic heterocycles. The van der Waals surface area contributed by atoms with Gasteiger partial charge in [0, 0.05) is 38.7 Å². The molecule has 27 heavy (non-hydrogen) atoms. The molecule has 0 aliphatic heterocycles. The van der Waals surface area contributed by atoms with Crippen LogP contribution in [0.2, 0.25) is 10.2 Å². The third kappa shape index (κ3) is 4.43.